The molecule has 3 rings (SSSR count). The second-order valence-corrected chi connectivity index (χ2v) is 6.33. The van der Waals surface area contributed by atoms with Gasteiger partial charge in [-0.3, -0.25) is 29.8 Å². The molecule has 0 aliphatic rings. The minimum absolute atomic E-state index is 0.00133. The number of carbonyl (C=O) groups is 2. The Morgan fingerprint density at radius 1 is 0.963 bits per heavy atom. The second-order valence-electron chi connectivity index (χ2n) is 5.94. The standard InChI is InChI=1S/C19H18N4O3S/c24-16(21-22-17(25)12-13-6-2-1-3-7-13)10-11-23-18(26)14-8-4-5-9-15(14)20-19(23)27/h1-9H,10-12H2,(H,20,27)(H,21,24)(H,22,25). The van der Waals surface area contributed by atoms with E-state index >= 15 is 0 Å². The maximum absolute atomic E-state index is 12.5. The molecule has 1 heterocycles. The number of nitrogens with zero attached hydrogens (tertiary/aromatic N) is 1. The van der Waals surface area contributed by atoms with Gasteiger partial charge in [-0.05, 0) is 29.9 Å². The number of fused-ring (bicyclic) bond motifs is 1. The second kappa shape index (κ2) is 8.41. The molecule has 0 aliphatic heterocycles. The molecule has 0 saturated heterocycles. The lowest BCUT2D eigenvalue weighted by atomic mass is 10.1. The third kappa shape index (κ3) is 4.68. The maximum atomic E-state index is 12.5. The maximum Gasteiger partial charge on any atom is 0.262 e. The van der Waals surface area contributed by atoms with Crippen molar-refractivity contribution in [1.82, 2.24) is 20.4 Å². The van der Waals surface area contributed by atoms with Crippen molar-refractivity contribution in [2.75, 3.05) is 0 Å². The van der Waals surface area contributed by atoms with Crippen molar-refractivity contribution in [3.63, 3.8) is 0 Å². The van der Waals surface area contributed by atoms with Gasteiger partial charge in [0.2, 0.25) is 11.8 Å². The number of hydrogen-bond donors (Lipinski definition) is 3. The van der Waals surface area contributed by atoms with Gasteiger partial charge in [0.1, 0.15) is 0 Å². The fraction of sp³-hybridized carbons (Fsp3) is 0.158. The minimum Gasteiger partial charge on any atom is -0.332 e. The first-order valence-corrected chi connectivity index (χ1v) is 8.79. The Morgan fingerprint density at radius 3 is 2.41 bits per heavy atom. The van der Waals surface area contributed by atoms with Crippen LogP contribution in [0.4, 0.5) is 0 Å². The van der Waals surface area contributed by atoms with Gasteiger partial charge < -0.3 is 4.98 Å². The Bertz CT molecular complexity index is 1090. The summed E-state index contributed by atoms with van der Waals surface area (Å²) >= 11 is 5.20. The average Bonchev–Trinajstić information content (AvgIpc) is 2.67. The molecule has 2 aromatic carbocycles. The first-order chi connectivity index (χ1) is 13.0. The average molecular weight is 382 g/mol. The summed E-state index contributed by atoms with van der Waals surface area (Å²) in [6.45, 7) is 0.111. The van der Waals surface area contributed by atoms with Gasteiger partial charge in [0.15, 0.2) is 4.77 Å². The van der Waals surface area contributed by atoms with E-state index in [9.17, 15) is 14.4 Å². The van der Waals surface area contributed by atoms with E-state index in [4.69, 9.17) is 12.2 Å². The van der Waals surface area contributed by atoms with E-state index in [1.807, 2.05) is 36.4 Å². The fourth-order valence-corrected chi connectivity index (χ4v) is 2.93. The van der Waals surface area contributed by atoms with E-state index in [-0.39, 0.29) is 35.6 Å². The summed E-state index contributed by atoms with van der Waals surface area (Å²) in [6, 6.07) is 16.2. The summed E-state index contributed by atoms with van der Waals surface area (Å²) < 4.78 is 1.59. The number of aromatic nitrogens is 2. The lowest BCUT2D eigenvalue weighted by Gasteiger charge is -2.09. The highest BCUT2D eigenvalue weighted by atomic mass is 32.1. The highest BCUT2D eigenvalue weighted by Crippen LogP contribution is 2.06. The van der Waals surface area contributed by atoms with Crippen LogP contribution in [0.1, 0.15) is 12.0 Å². The third-order valence-electron chi connectivity index (χ3n) is 4.00. The van der Waals surface area contributed by atoms with Gasteiger partial charge in [0.05, 0.1) is 17.3 Å². The fourth-order valence-electron chi connectivity index (χ4n) is 2.64. The number of carbonyl (C=O) groups excluding carboxylic acids is 2. The van der Waals surface area contributed by atoms with Gasteiger partial charge in [-0.2, -0.15) is 0 Å². The summed E-state index contributed by atoms with van der Waals surface area (Å²) in [7, 11) is 0. The van der Waals surface area contributed by atoms with Gasteiger partial charge in [-0.1, -0.05) is 42.5 Å². The molecule has 0 bridgehead atoms. The van der Waals surface area contributed by atoms with Crippen LogP contribution >= 0.6 is 12.2 Å². The predicted molar refractivity (Wildman–Crippen MR) is 104 cm³/mol. The summed E-state index contributed by atoms with van der Waals surface area (Å²) in [5.74, 6) is -0.736. The molecule has 138 valence electrons. The van der Waals surface area contributed by atoms with Crippen molar-refractivity contribution in [1.29, 1.82) is 0 Å². The molecule has 0 atom stereocenters. The van der Waals surface area contributed by atoms with E-state index in [2.05, 4.69) is 15.8 Å². The molecule has 0 unspecified atom stereocenters. The van der Waals surface area contributed by atoms with Crippen LogP contribution in [0.15, 0.2) is 59.4 Å². The third-order valence-corrected chi connectivity index (χ3v) is 4.32. The number of H-pyrrole nitrogens is 1. The summed E-state index contributed by atoms with van der Waals surface area (Å²) in [5.41, 5.74) is 5.96. The molecule has 7 nitrogen and oxygen atoms in total. The zero-order chi connectivity index (χ0) is 19.2. The van der Waals surface area contributed by atoms with Crippen LogP contribution in [-0.4, -0.2) is 21.4 Å². The van der Waals surface area contributed by atoms with E-state index in [0.29, 0.717) is 10.9 Å². The van der Waals surface area contributed by atoms with E-state index in [0.717, 1.165) is 5.56 Å². The topological polar surface area (TPSA) is 96.0 Å². The van der Waals surface area contributed by atoms with Crippen molar-refractivity contribution in [2.45, 2.75) is 19.4 Å². The Hall–Kier alpha value is -3.26. The first kappa shape index (κ1) is 18.5. The quantitative estimate of drug-likeness (QED) is 0.463. The number of aromatic amines is 1. The predicted octanol–water partition coefficient (Wildman–Crippen LogP) is 1.84. The van der Waals surface area contributed by atoms with Gasteiger partial charge in [0.25, 0.3) is 5.56 Å². The molecular weight excluding hydrogens is 364 g/mol. The number of rotatable bonds is 5. The van der Waals surface area contributed by atoms with Gasteiger partial charge in [0, 0.05) is 13.0 Å². The molecule has 0 saturated carbocycles. The molecule has 3 aromatic rings. The highest BCUT2D eigenvalue weighted by Gasteiger charge is 2.09. The van der Waals surface area contributed by atoms with Crippen LogP contribution in [0.25, 0.3) is 10.9 Å². The Labute approximate surface area is 160 Å². The van der Waals surface area contributed by atoms with Crippen molar-refractivity contribution in [3.8, 4) is 0 Å². The summed E-state index contributed by atoms with van der Waals surface area (Å²) in [5, 5.41) is 0.502. The van der Waals surface area contributed by atoms with Crippen molar-refractivity contribution in [2.24, 2.45) is 0 Å². The molecule has 27 heavy (non-hydrogen) atoms. The Kier molecular flexibility index (Phi) is 5.77. The molecule has 0 spiro atoms. The van der Waals surface area contributed by atoms with Gasteiger partial charge in [-0.15, -0.1) is 0 Å². The van der Waals surface area contributed by atoms with Crippen molar-refractivity contribution in [3.05, 3.63) is 75.3 Å². The molecule has 0 fully saturated rings. The van der Waals surface area contributed by atoms with E-state index in [1.54, 1.807) is 18.2 Å². The summed E-state index contributed by atoms with van der Waals surface area (Å²) in [6.07, 6.45) is 0.165. The molecule has 0 radical (unpaired) electrons. The minimum atomic E-state index is -0.411. The summed E-state index contributed by atoms with van der Waals surface area (Å²) in [4.78, 5) is 39.3. The highest BCUT2D eigenvalue weighted by molar-refractivity contribution is 7.71. The van der Waals surface area contributed by atoms with Crippen LogP contribution in [0, 0.1) is 4.77 Å². The van der Waals surface area contributed by atoms with Gasteiger partial charge >= 0.3 is 0 Å². The number of nitrogens with one attached hydrogen (secondary N) is 3. The van der Waals surface area contributed by atoms with Crippen LogP contribution in [-0.2, 0) is 22.6 Å². The molecule has 1 aromatic heterocycles. The number of hydrazine groups is 1. The molecule has 2 amide bonds. The van der Waals surface area contributed by atoms with Gasteiger partial charge in [-0.25, -0.2) is 0 Å². The van der Waals surface area contributed by atoms with E-state index in [1.165, 1.54) is 4.57 Å². The largest absolute Gasteiger partial charge is 0.332 e. The van der Waals surface area contributed by atoms with Crippen molar-refractivity contribution < 1.29 is 9.59 Å². The normalized spacial score (nSPS) is 10.5. The van der Waals surface area contributed by atoms with Crippen molar-refractivity contribution >= 4 is 34.9 Å². The van der Waals surface area contributed by atoms with Crippen LogP contribution < -0.4 is 16.4 Å². The number of benzene rings is 2. The number of amides is 2. The Morgan fingerprint density at radius 2 is 1.63 bits per heavy atom. The zero-order valence-corrected chi connectivity index (χ0v) is 15.2. The van der Waals surface area contributed by atoms with Crippen LogP contribution in [0.2, 0.25) is 0 Å². The van der Waals surface area contributed by atoms with E-state index < -0.39 is 5.91 Å². The van der Waals surface area contributed by atoms with Crippen LogP contribution in [0.5, 0.6) is 0 Å². The Balaban J connectivity index is 1.56. The SMILES string of the molecule is O=C(CCn1c(=S)[nH]c2ccccc2c1=O)NNC(=O)Cc1ccccc1. The lowest BCUT2D eigenvalue weighted by Crippen LogP contribution is -2.42. The molecular formula is C19H18N4O3S. The van der Waals surface area contributed by atoms with Crippen LogP contribution in [0.3, 0.4) is 0 Å². The molecule has 8 heteroatoms. The monoisotopic (exact) mass is 382 g/mol. The number of hydrogen-bond acceptors (Lipinski definition) is 4. The zero-order valence-electron chi connectivity index (χ0n) is 14.4. The molecule has 0 aliphatic carbocycles. The smallest absolute Gasteiger partial charge is 0.262 e. The number of para-hydroxylation sites is 1. The first-order valence-electron chi connectivity index (χ1n) is 8.38. The molecule has 3 N–H and O–H groups in total. The lowest BCUT2D eigenvalue weighted by molar-refractivity contribution is -0.128.